The molecule has 276 valence electrons. The Bertz CT molecular complexity index is 2480. The number of amides is 1. The van der Waals surface area contributed by atoms with Gasteiger partial charge in [0.1, 0.15) is 5.69 Å². The summed E-state index contributed by atoms with van der Waals surface area (Å²) in [5.74, 6) is 0.287. The molecule has 0 saturated heterocycles. The van der Waals surface area contributed by atoms with Gasteiger partial charge in [0.25, 0.3) is 20.1 Å². The number of hydrogen-bond donors (Lipinski definition) is 2. The van der Waals surface area contributed by atoms with Crippen molar-refractivity contribution in [2.45, 2.75) is 36.2 Å². The lowest BCUT2D eigenvalue weighted by Gasteiger charge is -2.19. The summed E-state index contributed by atoms with van der Waals surface area (Å²) < 4.78 is 98.1. The number of rotatable bonds is 8. The van der Waals surface area contributed by atoms with E-state index in [4.69, 9.17) is 16.2 Å². The highest BCUT2D eigenvalue weighted by Gasteiger charge is 2.34. The Balaban J connectivity index is 0.000000422. The molecule has 0 saturated carbocycles. The minimum atomic E-state index is -4.67. The molecule has 17 heteroatoms. The average molecular weight is 787 g/mol. The zero-order valence-corrected chi connectivity index (χ0v) is 30.2. The fourth-order valence-corrected chi connectivity index (χ4v) is 7.17. The second-order valence-electron chi connectivity index (χ2n) is 11.7. The molecule has 0 aliphatic carbocycles. The van der Waals surface area contributed by atoms with Gasteiger partial charge < -0.3 is 5.11 Å². The van der Waals surface area contributed by atoms with Gasteiger partial charge in [0.2, 0.25) is 0 Å². The van der Waals surface area contributed by atoms with Crippen molar-refractivity contribution in [2.75, 3.05) is 6.54 Å². The summed E-state index contributed by atoms with van der Waals surface area (Å²) in [7, 11) is -8.31. The van der Waals surface area contributed by atoms with Crippen LogP contribution in [-0.2, 0) is 32.7 Å². The van der Waals surface area contributed by atoms with Crippen LogP contribution < -0.4 is 0 Å². The van der Waals surface area contributed by atoms with E-state index in [1.54, 1.807) is 78.2 Å². The van der Waals surface area contributed by atoms with Gasteiger partial charge in [0, 0.05) is 18.4 Å². The van der Waals surface area contributed by atoms with Gasteiger partial charge in [-0.2, -0.15) is 21.6 Å². The minimum Gasteiger partial charge on any atom is -0.464 e. The Morgan fingerprint density at radius 1 is 0.849 bits per heavy atom. The van der Waals surface area contributed by atoms with Crippen LogP contribution >= 0.6 is 11.6 Å². The first-order valence-corrected chi connectivity index (χ1v) is 18.8. The summed E-state index contributed by atoms with van der Waals surface area (Å²) in [4.78, 5) is 20.4. The number of hydrogen-bond acceptors (Lipinski definition) is 7. The third kappa shape index (κ3) is 9.03. The molecule has 1 amide bonds. The van der Waals surface area contributed by atoms with Gasteiger partial charge in [0.05, 0.1) is 31.4 Å². The number of fused-ring (bicyclic) bond motifs is 1. The maximum absolute atomic E-state index is 13.5. The summed E-state index contributed by atoms with van der Waals surface area (Å²) in [6.45, 7) is 3.30. The Hall–Kier alpha value is -5.29. The standard InChI is InChI=1S/C29H22ClF3N4O4S.C7H8O3S/c1-18-5-11-21(12-6-18)42(40,41)36(28(38)39)15-13-19-7-9-20(10-8-19)37-26-17-23(30)22(29(31,32)33)16-25(26)35-27(37)24-4-2-3-14-34-24;1-6-2-4-7(5-3-6)11(8,9)10/h2-12,14,16-17H,13,15H2,1H3,(H,38,39);2-5H,1H3,(H,8,9,10). The molecule has 2 aromatic heterocycles. The van der Waals surface area contributed by atoms with E-state index in [1.165, 1.54) is 36.5 Å². The Morgan fingerprint density at radius 3 is 1.94 bits per heavy atom. The molecule has 0 aliphatic rings. The zero-order valence-electron chi connectivity index (χ0n) is 27.9. The molecule has 0 aliphatic heterocycles. The third-order valence-corrected chi connectivity index (χ3v) is 10.8. The van der Waals surface area contributed by atoms with Crippen molar-refractivity contribution >= 4 is 48.9 Å². The molecule has 11 nitrogen and oxygen atoms in total. The maximum Gasteiger partial charge on any atom is 0.421 e. The van der Waals surface area contributed by atoms with E-state index < -0.39 is 43.0 Å². The van der Waals surface area contributed by atoms with Crippen molar-refractivity contribution in [1.82, 2.24) is 18.8 Å². The van der Waals surface area contributed by atoms with E-state index in [1.807, 2.05) is 6.92 Å². The molecule has 0 unspecified atom stereocenters. The number of nitrogens with zero attached hydrogens (tertiary/aromatic N) is 4. The highest BCUT2D eigenvalue weighted by atomic mass is 35.5. The summed E-state index contributed by atoms with van der Waals surface area (Å²) in [5.41, 5.74) is 2.74. The van der Waals surface area contributed by atoms with Gasteiger partial charge in [0.15, 0.2) is 5.82 Å². The second kappa shape index (κ2) is 15.4. The van der Waals surface area contributed by atoms with Crippen LogP contribution in [-0.4, -0.2) is 58.0 Å². The monoisotopic (exact) mass is 786 g/mol. The van der Waals surface area contributed by atoms with Crippen LogP contribution in [0.2, 0.25) is 5.02 Å². The van der Waals surface area contributed by atoms with Crippen molar-refractivity contribution in [2.24, 2.45) is 0 Å². The van der Waals surface area contributed by atoms with Crippen molar-refractivity contribution in [3.63, 3.8) is 0 Å². The fraction of sp³-hybridized carbons (Fsp3) is 0.139. The Morgan fingerprint density at radius 2 is 1.43 bits per heavy atom. The molecule has 0 bridgehead atoms. The lowest BCUT2D eigenvalue weighted by atomic mass is 10.1. The summed E-state index contributed by atoms with van der Waals surface area (Å²) in [6.07, 6.45) is -4.66. The molecular formula is C36H30ClF3N4O7S2. The lowest BCUT2D eigenvalue weighted by Crippen LogP contribution is -2.37. The van der Waals surface area contributed by atoms with Crippen LogP contribution in [0.15, 0.2) is 119 Å². The SMILES string of the molecule is Cc1ccc(S(=O)(=O)N(CCc2ccc(-n3c(-c4ccccn4)nc4cc(C(F)(F)F)c(Cl)cc43)cc2)C(=O)O)cc1.Cc1ccc(S(=O)(=O)O)cc1. The average Bonchev–Trinajstić information content (AvgIpc) is 3.46. The number of aromatic nitrogens is 3. The Labute approximate surface area is 307 Å². The first kappa shape index (κ1) is 38.9. The summed E-state index contributed by atoms with van der Waals surface area (Å²) in [5, 5.41) is 9.17. The number of pyridine rings is 1. The number of benzene rings is 4. The van der Waals surface area contributed by atoms with Crippen molar-refractivity contribution < 1.29 is 44.5 Å². The molecule has 4 aromatic carbocycles. The Kier molecular flexibility index (Phi) is 11.3. The molecule has 0 atom stereocenters. The van der Waals surface area contributed by atoms with Crippen molar-refractivity contribution in [3.05, 3.63) is 137 Å². The minimum absolute atomic E-state index is 0.0647. The van der Waals surface area contributed by atoms with E-state index in [-0.39, 0.29) is 34.1 Å². The van der Waals surface area contributed by atoms with Crippen LogP contribution in [0, 0.1) is 13.8 Å². The van der Waals surface area contributed by atoms with Crippen molar-refractivity contribution in [1.29, 1.82) is 0 Å². The van der Waals surface area contributed by atoms with Crippen LogP contribution in [0.25, 0.3) is 28.2 Å². The molecule has 0 fully saturated rings. The lowest BCUT2D eigenvalue weighted by molar-refractivity contribution is -0.137. The quantitative estimate of drug-likeness (QED) is 0.145. The van der Waals surface area contributed by atoms with E-state index in [9.17, 15) is 39.9 Å². The van der Waals surface area contributed by atoms with E-state index in [0.717, 1.165) is 17.2 Å². The fourth-order valence-electron chi connectivity index (χ4n) is 5.15. The van der Waals surface area contributed by atoms with Gasteiger partial charge >= 0.3 is 12.3 Å². The molecular weight excluding hydrogens is 757 g/mol. The number of sulfonamides is 1. The smallest absolute Gasteiger partial charge is 0.421 e. The highest BCUT2D eigenvalue weighted by Crippen LogP contribution is 2.39. The molecule has 0 radical (unpaired) electrons. The predicted molar refractivity (Wildman–Crippen MR) is 192 cm³/mol. The molecule has 6 rings (SSSR count). The number of alkyl halides is 3. The third-order valence-electron chi connectivity index (χ3n) is 7.88. The number of halogens is 4. The normalized spacial score (nSPS) is 11.9. The second-order valence-corrected chi connectivity index (χ2v) is 15.4. The number of carboxylic acid groups (broad SMARTS) is 1. The summed E-state index contributed by atoms with van der Waals surface area (Å²) >= 11 is 6.03. The van der Waals surface area contributed by atoms with Gasteiger partial charge in [-0.15, -0.1) is 0 Å². The van der Waals surface area contributed by atoms with Crippen LogP contribution in [0.3, 0.4) is 0 Å². The van der Waals surface area contributed by atoms with Gasteiger partial charge in [-0.1, -0.05) is 65.2 Å². The topological polar surface area (TPSA) is 160 Å². The van der Waals surface area contributed by atoms with E-state index in [2.05, 4.69) is 9.97 Å². The van der Waals surface area contributed by atoms with Gasteiger partial charge in [-0.3, -0.25) is 14.1 Å². The number of imidazole rings is 1. The van der Waals surface area contributed by atoms with Gasteiger partial charge in [-0.05, 0) is 86.5 Å². The van der Waals surface area contributed by atoms with Crippen molar-refractivity contribution in [3.8, 4) is 17.2 Å². The summed E-state index contributed by atoms with van der Waals surface area (Å²) in [6, 6.07) is 25.8. The molecule has 6 aromatic rings. The van der Waals surface area contributed by atoms with E-state index in [0.29, 0.717) is 26.8 Å². The maximum atomic E-state index is 13.5. The molecule has 2 heterocycles. The number of carbonyl (C=O) groups is 1. The first-order chi connectivity index (χ1) is 24.9. The molecule has 0 spiro atoms. The molecule has 53 heavy (non-hydrogen) atoms. The van der Waals surface area contributed by atoms with E-state index >= 15 is 0 Å². The van der Waals surface area contributed by atoms with Crippen LogP contribution in [0.1, 0.15) is 22.3 Å². The van der Waals surface area contributed by atoms with Crippen LogP contribution in [0.4, 0.5) is 18.0 Å². The highest BCUT2D eigenvalue weighted by molar-refractivity contribution is 7.89. The largest absolute Gasteiger partial charge is 0.464 e. The van der Waals surface area contributed by atoms with Crippen LogP contribution in [0.5, 0.6) is 0 Å². The van der Waals surface area contributed by atoms with Gasteiger partial charge in [-0.25, -0.2) is 22.5 Å². The predicted octanol–water partition coefficient (Wildman–Crippen LogP) is 8.22. The molecule has 2 N–H and O–H groups in total. The zero-order chi connectivity index (χ0) is 38.7. The first-order valence-electron chi connectivity index (χ1n) is 15.5. The number of aryl methyl sites for hydroxylation is 2.